The van der Waals surface area contributed by atoms with Gasteiger partial charge in [0.05, 0.1) is 10.0 Å². The molecule has 0 saturated carbocycles. The molecule has 0 amide bonds. The quantitative estimate of drug-likeness (QED) is 0.673. The third-order valence-electron chi connectivity index (χ3n) is 3.33. The van der Waals surface area contributed by atoms with Gasteiger partial charge in [-0.15, -0.1) is 0 Å². The van der Waals surface area contributed by atoms with Crippen molar-refractivity contribution in [3.05, 3.63) is 33.8 Å². The van der Waals surface area contributed by atoms with Gasteiger partial charge in [-0.3, -0.25) is 0 Å². The molecular weight excluding hydrogens is 289 g/mol. The summed E-state index contributed by atoms with van der Waals surface area (Å²) < 4.78 is 0. The maximum Gasteiger partial charge on any atom is 0.0624 e. The van der Waals surface area contributed by atoms with Crippen LogP contribution >= 0.6 is 23.2 Å². The van der Waals surface area contributed by atoms with Crippen LogP contribution in [0.25, 0.3) is 0 Å². The molecule has 1 unspecified atom stereocenters. The van der Waals surface area contributed by atoms with Gasteiger partial charge in [-0.2, -0.15) is 0 Å². The highest BCUT2D eigenvalue weighted by Gasteiger charge is 2.14. The van der Waals surface area contributed by atoms with E-state index in [1.165, 1.54) is 6.42 Å². The molecule has 0 aliphatic heterocycles. The second kappa shape index (κ2) is 8.92. The van der Waals surface area contributed by atoms with E-state index in [4.69, 9.17) is 23.2 Å². The van der Waals surface area contributed by atoms with Gasteiger partial charge in [-0.25, -0.2) is 0 Å². The number of hydrogen-bond acceptors (Lipinski definition) is 1. The minimum Gasteiger partial charge on any atom is -0.316 e. The summed E-state index contributed by atoms with van der Waals surface area (Å²) in [4.78, 5) is 0. The standard InChI is InChI=1S/C17H27Cl2N/c1-12(2)8-14(11-20-10-13(3)4)9-15-6-5-7-16(18)17(15)19/h5-7,12-14,20H,8-11H2,1-4H3. The molecule has 0 aliphatic rings. The molecule has 1 nitrogen and oxygen atoms in total. The summed E-state index contributed by atoms with van der Waals surface area (Å²) in [6.45, 7) is 11.1. The predicted molar refractivity (Wildman–Crippen MR) is 90.8 cm³/mol. The van der Waals surface area contributed by atoms with Crippen molar-refractivity contribution in [1.29, 1.82) is 0 Å². The van der Waals surface area contributed by atoms with Crippen molar-refractivity contribution in [2.24, 2.45) is 17.8 Å². The lowest BCUT2D eigenvalue weighted by atomic mass is 9.90. The fourth-order valence-corrected chi connectivity index (χ4v) is 2.90. The first-order valence-electron chi connectivity index (χ1n) is 7.53. The van der Waals surface area contributed by atoms with Gasteiger partial charge >= 0.3 is 0 Å². The molecule has 0 heterocycles. The number of benzene rings is 1. The average molecular weight is 316 g/mol. The molecule has 0 radical (unpaired) electrons. The number of halogens is 2. The molecule has 114 valence electrons. The van der Waals surface area contributed by atoms with Gasteiger partial charge in [0.15, 0.2) is 0 Å². The van der Waals surface area contributed by atoms with E-state index in [1.54, 1.807) is 0 Å². The van der Waals surface area contributed by atoms with Crippen LogP contribution in [0.3, 0.4) is 0 Å². The van der Waals surface area contributed by atoms with E-state index in [2.05, 4.69) is 39.1 Å². The van der Waals surface area contributed by atoms with E-state index in [1.807, 2.05) is 12.1 Å². The lowest BCUT2D eigenvalue weighted by Crippen LogP contribution is -2.28. The van der Waals surface area contributed by atoms with Crippen molar-refractivity contribution in [3.63, 3.8) is 0 Å². The third-order valence-corrected chi connectivity index (χ3v) is 4.19. The van der Waals surface area contributed by atoms with Crippen LogP contribution in [0.2, 0.25) is 10.0 Å². The van der Waals surface area contributed by atoms with E-state index in [0.29, 0.717) is 27.8 Å². The summed E-state index contributed by atoms with van der Waals surface area (Å²) in [6, 6.07) is 5.92. The van der Waals surface area contributed by atoms with Gasteiger partial charge in [0.25, 0.3) is 0 Å². The summed E-state index contributed by atoms with van der Waals surface area (Å²) in [7, 11) is 0. The second-order valence-electron chi connectivity index (χ2n) is 6.46. The van der Waals surface area contributed by atoms with E-state index >= 15 is 0 Å². The maximum atomic E-state index is 6.31. The van der Waals surface area contributed by atoms with Crippen LogP contribution in [0, 0.1) is 17.8 Å². The Labute approximate surface area is 134 Å². The summed E-state index contributed by atoms with van der Waals surface area (Å²) in [5.74, 6) is 1.98. The molecule has 0 aromatic heterocycles. The van der Waals surface area contributed by atoms with Gasteiger partial charge in [0.1, 0.15) is 0 Å². The summed E-state index contributed by atoms with van der Waals surface area (Å²) in [5, 5.41) is 4.94. The van der Waals surface area contributed by atoms with Gasteiger partial charge in [0.2, 0.25) is 0 Å². The number of hydrogen-bond donors (Lipinski definition) is 1. The third kappa shape index (κ3) is 6.47. The molecule has 1 aromatic carbocycles. The molecule has 0 bridgehead atoms. The molecule has 0 spiro atoms. The van der Waals surface area contributed by atoms with Crippen molar-refractivity contribution in [2.45, 2.75) is 40.5 Å². The molecule has 0 fully saturated rings. The Hall–Kier alpha value is -0.240. The Morgan fingerprint density at radius 2 is 1.70 bits per heavy atom. The van der Waals surface area contributed by atoms with E-state index in [9.17, 15) is 0 Å². The second-order valence-corrected chi connectivity index (χ2v) is 7.25. The molecule has 1 atom stereocenters. The first-order valence-corrected chi connectivity index (χ1v) is 8.29. The van der Waals surface area contributed by atoms with Gasteiger partial charge in [0, 0.05) is 0 Å². The maximum absolute atomic E-state index is 6.31. The lowest BCUT2D eigenvalue weighted by Gasteiger charge is -2.21. The van der Waals surface area contributed by atoms with Crippen molar-refractivity contribution >= 4 is 23.2 Å². The van der Waals surface area contributed by atoms with Crippen molar-refractivity contribution in [1.82, 2.24) is 5.32 Å². The number of rotatable bonds is 8. The van der Waals surface area contributed by atoms with Gasteiger partial charge in [-0.05, 0) is 55.3 Å². The monoisotopic (exact) mass is 315 g/mol. The van der Waals surface area contributed by atoms with Crippen LogP contribution in [-0.2, 0) is 6.42 Å². The largest absolute Gasteiger partial charge is 0.316 e. The fraction of sp³-hybridized carbons (Fsp3) is 0.647. The Morgan fingerprint density at radius 1 is 1.00 bits per heavy atom. The predicted octanol–water partition coefficient (Wildman–Crippen LogP) is 5.44. The summed E-state index contributed by atoms with van der Waals surface area (Å²) >= 11 is 12.4. The van der Waals surface area contributed by atoms with Crippen molar-refractivity contribution < 1.29 is 0 Å². The highest BCUT2D eigenvalue weighted by atomic mass is 35.5. The van der Waals surface area contributed by atoms with Gasteiger partial charge in [-0.1, -0.05) is 63.0 Å². The van der Waals surface area contributed by atoms with Crippen molar-refractivity contribution in [2.75, 3.05) is 13.1 Å². The zero-order valence-electron chi connectivity index (χ0n) is 13.0. The summed E-state index contributed by atoms with van der Waals surface area (Å²) in [5.41, 5.74) is 1.16. The Balaban J connectivity index is 2.65. The highest BCUT2D eigenvalue weighted by molar-refractivity contribution is 6.42. The molecule has 0 saturated heterocycles. The first-order chi connectivity index (χ1) is 9.40. The van der Waals surface area contributed by atoms with E-state index in [0.717, 1.165) is 25.1 Å². The molecule has 0 aliphatic carbocycles. The topological polar surface area (TPSA) is 12.0 Å². The SMILES string of the molecule is CC(C)CNCC(Cc1cccc(Cl)c1Cl)CC(C)C. The molecule has 3 heteroatoms. The normalized spacial score (nSPS) is 13.2. The Morgan fingerprint density at radius 3 is 2.30 bits per heavy atom. The van der Waals surface area contributed by atoms with Crippen LogP contribution in [0.5, 0.6) is 0 Å². The van der Waals surface area contributed by atoms with Crippen LogP contribution in [-0.4, -0.2) is 13.1 Å². The highest BCUT2D eigenvalue weighted by Crippen LogP contribution is 2.28. The van der Waals surface area contributed by atoms with Crippen LogP contribution in [0.4, 0.5) is 0 Å². The molecule has 1 N–H and O–H groups in total. The van der Waals surface area contributed by atoms with Gasteiger partial charge < -0.3 is 5.32 Å². The first kappa shape index (κ1) is 17.8. The Kier molecular flexibility index (Phi) is 7.94. The lowest BCUT2D eigenvalue weighted by molar-refractivity contribution is 0.376. The Bertz CT molecular complexity index is 402. The summed E-state index contributed by atoms with van der Waals surface area (Å²) in [6.07, 6.45) is 2.19. The minimum absolute atomic E-state index is 0.602. The van der Waals surface area contributed by atoms with Crippen LogP contribution < -0.4 is 5.32 Å². The van der Waals surface area contributed by atoms with Crippen LogP contribution in [0.15, 0.2) is 18.2 Å². The van der Waals surface area contributed by atoms with Crippen LogP contribution in [0.1, 0.15) is 39.7 Å². The van der Waals surface area contributed by atoms with E-state index in [-0.39, 0.29) is 0 Å². The zero-order chi connectivity index (χ0) is 15.1. The molecule has 20 heavy (non-hydrogen) atoms. The van der Waals surface area contributed by atoms with Crippen molar-refractivity contribution in [3.8, 4) is 0 Å². The number of nitrogens with one attached hydrogen (secondary N) is 1. The smallest absolute Gasteiger partial charge is 0.0624 e. The molecule has 1 aromatic rings. The average Bonchev–Trinajstić information content (AvgIpc) is 2.33. The van der Waals surface area contributed by atoms with E-state index < -0.39 is 0 Å². The minimum atomic E-state index is 0.602. The zero-order valence-corrected chi connectivity index (χ0v) is 14.6. The molecular formula is C17H27Cl2N. The molecule has 1 rings (SSSR count). The fourth-order valence-electron chi connectivity index (χ4n) is 2.50.